The Hall–Kier alpha value is -1.31. The Labute approximate surface area is 91.0 Å². The van der Waals surface area contributed by atoms with Crippen molar-refractivity contribution >= 4 is 0 Å². The van der Waals surface area contributed by atoms with Crippen molar-refractivity contribution in [1.29, 1.82) is 0 Å². The van der Waals surface area contributed by atoms with Crippen molar-refractivity contribution in [3.8, 4) is 0 Å². The SMILES string of the molecule is NC(c1ccc(F)cc1C(F)(F)F)C(F)(F)F. The summed E-state index contributed by atoms with van der Waals surface area (Å²) in [7, 11) is 0. The fourth-order valence-electron chi connectivity index (χ4n) is 1.22. The van der Waals surface area contributed by atoms with Gasteiger partial charge in [-0.05, 0) is 17.7 Å². The zero-order chi connectivity index (χ0) is 13.4. The summed E-state index contributed by atoms with van der Waals surface area (Å²) in [5.74, 6) is -1.28. The van der Waals surface area contributed by atoms with E-state index in [4.69, 9.17) is 0 Å². The highest BCUT2D eigenvalue weighted by atomic mass is 19.4. The van der Waals surface area contributed by atoms with Crippen LogP contribution >= 0.6 is 0 Å². The van der Waals surface area contributed by atoms with E-state index in [1.807, 2.05) is 0 Å². The predicted molar refractivity (Wildman–Crippen MR) is 44.4 cm³/mol. The smallest absolute Gasteiger partial charge is 0.316 e. The third-order valence-electron chi connectivity index (χ3n) is 2.01. The van der Waals surface area contributed by atoms with Crippen LogP contribution < -0.4 is 5.73 Å². The first kappa shape index (κ1) is 13.8. The lowest BCUT2D eigenvalue weighted by atomic mass is 10.00. The molecule has 0 spiro atoms. The van der Waals surface area contributed by atoms with Crippen molar-refractivity contribution in [2.75, 3.05) is 0 Å². The van der Waals surface area contributed by atoms with Crippen LogP contribution in [0, 0.1) is 5.82 Å². The Balaban J connectivity index is 3.34. The maximum absolute atomic E-state index is 12.6. The van der Waals surface area contributed by atoms with Crippen LogP contribution in [0.5, 0.6) is 0 Å². The highest BCUT2D eigenvalue weighted by Crippen LogP contribution is 2.39. The fourth-order valence-corrected chi connectivity index (χ4v) is 1.22. The first-order chi connectivity index (χ1) is 7.53. The molecule has 0 fully saturated rings. The van der Waals surface area contributed by atoms with Crippen molar-refractivity contribution in [3.05, 3.63) is 35.1 Å². The molecule has 0 bridgehead atoms. The lowest BCUT2D eigenvalue weighted by molar-refractivity contribution is -0.155. The molecule has 0 heterocycles. The third-order valence-corrected chi connectivity index (χ3v) is 2.01. The van der Waals surface area contributed by atoms with E-state index in [2.05, 4.69) is 5.73 Å². The van der Waals surface area contributed by atoms with Crippen LogP contribution in [-0.4, -0.2) is 6.18 Å². The average molecular weight is 261 g/mol. The van der Waals surface area contributed by atoms with E-state index < -0.39 is 35.3 Å². The molecular weight excluding hydrogens is 255 g/mol. The Morgan fingerprint density at radius 2 is 1.53 bits per heavy atom. The average Bonchev–Trinajstić information content (AvgIpc) is 2.14. The Morgan fingerprint density at radius 3 is 1.94 bits per heavy atom. The molecule has 0 aromatic heterocycles. The lowest BCUT2D eigenvalue weighted by Gasteiger charge is -2.20. The zero-order valence-electron chi connectivity index (χ0n) is 8.03. The van der Waals surface area contributed by atoms with E-state index in [1.165, 1.54) is 0 Å². The van der Waals surface area contributed by atoms with Crippen LogP contribution in [0.2, 0.25) is 0 Å². The van der Waals surface area contributed by atoms with Gasteiger partial charge >= 0.3 is 12.4 Å². The molecule has 0 saturated heterocycles. The predicted octanol–water partition coefficient (Wildman–Crippen LogP) is 3.41. The van der Waals surface area contributed by atoms with Gasteiger partial charge in [0.05, 0.1) is 5.56 Å². The second-order valence-electron chi connectivity index (χ2n) is 3.25. The van der Waals surface area contributed by atoms with Gasteiger partial charge in [-0.2, -0.15) is 26.3 Å². The van der Waals surface area contributed by atoms with Gasteiger partial charge in [0.2, 0.25) is 0 Å². The van der Waals surface area contributed by atoms with Gasteiger partial charge < -0.3 is 5.73 Å². The Bertz CT molecular complexity index is 407. The monoisotopic (exact) mass is 261 g/mol. The number of alkyl halides is 6. The summed E-state index contributed by atoms with van der Waals surface area (Å²) >= 11 is 0. The van der Waals surface area contributed by atoms with Gasteiger partial charge in [-0.1, -0.05) is 6.07 Å². The summed E-state index contributed by atoms with van der Waals surface area (Å²) in [6.07, 6.45) is -10.1. The molecular formula is C9H6F7N. The molecule has 2 N–H and O–H groups in total. The van der Waals surface area contributed by atoms with Crippen molar-refractivity contribution in [2.24, 2.45) is 5.73 Å². The molecule has 0 aliphatic carbocycles. The van der Waals surface area contributed by atoms with Gasteiger partial charge in [0.15, 0.2) is 0 Å². The molecule has 1 atom stereocenters. The number of hydrogen-bond acceptors (Lipinski definition) is 1. The van der Waals surface area contributed by atoms with Crippen molar-refractivity contribution < 1.29 is 30.7 Å². The van der Waals surface area contributed by atoms with Crippen molar-refractivity contribution in [1.82, 2.24) is 0 Å². The molecule has 0 aliphatic heterocycles. The van der Waals surface area contributed by atoms with E-state index in [9.17, 15) is 30.7 Å². The minimum Gasteiger partial charge on any atom is -0.316 e. The van der Waals surface area contributed by atoms with Gasteiger partial charge in [0, 0.05) is 0 Å². The maximum Gasteiger partial charge on any atom is 0.416 e. The first-order valence-corrected chi connectivity index (χ1v) is 4.22. The second kappa shape index (κ2) is 4.17. The van der Waals surface area contributed by atoms with Crippen LogP contribution in [0.4, 0.5) is 30.7 Å². The number of halogens is 7. The highest BCUT2D eigenvalue weighted by molar-refractivity contribution is 5.33. The second-order valence-corrected chi connectivity index (χ2v) is 3.25. The molecule has 1 aromatic rings. The van der Waals surface area contributed by atoms with E-state index in [1.54, 1.807) is 0 Å². The summed E-state index contributed by atoms with van der Waals surface area (Å²) in [4.78, 5) is 0. The third kappa shape index (κ3) is 3.09. The lowest BCUT2D eigenvalue weighted by Crippen LogP contribution is -2.30. The number of benzene rings is 1. The molecule has 96 valence electrons. The quantitative estimate of drug-likeness (QED) is 0.770. The van der Waals surface area contributed by atoms with Crippen LogP contribution in [0.3, 0.4) is 0 Å². The number of nitrogens with two attached hydrogens (primary N) is 1. The molecule has 0 saturated carbocycles. The molecule has 1 aromatic carbocycles. The molecule has 1 nitrogen and oxygen atoms in total. The minimum atomic E-state index is -5.10. The summed E-state index contributed by atoms with van der Waals surface area (Å²) in [6, 6.07) is -1.94. The van der Waals surface area contributed by atoms with Crippen LogP contribution in [0.15, 0.2) is 18.2 Å². The molecule has 0 radical (unpaired) electrons. The van der Waals surface area contributed by atoms with Gasteiger partial charge in [-0.25, -0.2) is 4.39 Å². The number of rotatable bonds is 1. The summed E-state index contributed by atoms with van der Waals surface area (Å²) < 4.78 is 86.4. The molecule has 17 heavy (non-hydrogen) atoms. The molecule has 0 aliphatic rings. The fraction of sp³-hybridized carbons (Fsp3) is 0.333. The van der Waals surface area contributed by atoms with E-state index >= 15 is 0 Å². The summed E-state index contributed by atoms with van der Waals surface area (Å²) in [6.45, 7) is 0. The van der Waals surface area contributed by atoms with Crippen LogP contribution in [-0.2, 0) is 6.18 Å². The van der Waals surface area contributed by atoms with Gasteiger partial charge in [-0.3, -0.25) is 0 Å². The van der Waals surface area contributed by atoms with E-state index in [0.717, 1.165) is 0 Å². The highest BCUT2D eigenvalue weighted by Gasteiger charge is 2.43. The normalized spacial score (nSPS) is 14.8. The van der Waals surface area contributed by atoms with Crippen molar-refractivity contribution in [2.45, 2.75) is 18.4 Å². The topological polar surface area (TPSA) is 26.0 Å². The molecule has 1 rings (SSSR count). The van der Waals surface area contributed by atoms with Crippen LogP contribution in [0.25, 0.3) is 0 Å². The van der Waals surface area contributed by atoms with E-state index in [0.29, 0.717) is 12.1 Å². The first-order valence-electron chi connectivity index (χ1n) is 4.22. The maximum atomic E-state index is 12.6. The van der Waals surface area contributed by atoms with E-state index in [-0.39, 0.29) is 6.07 Å². The Kier molecular flexibility index (Phi) is 3.37. The Morgan fingerprint density at radius 1 is 1.00 bits per heavy atom. The molecule has 1 unspecified atom stereocenters. The summed E-state index contributed by atoms with van der Waals surface area (Å²) in [5, 5.41) is 0. The zero-order valence-corrected chi connectivity index (χ0v) is 8.03. The number of hydrogen-bond donors (Lipinski definition) is 1. The van der Waals surface area contributed by atoms with Gasteiger partial charge in [0.1, 0.15) is 11.9 Å². The molecule has 0 amide bonds. The van der Waals surface area contributed by atoms with Gasteiger partial charge in [0.25, 0.3) is 0 Å². The standard InChI is InChI=1S/C9H6F7N/c10-4-1-2-5(7(17)9(14,15)16)6(3-4)8(11,12)13/h1-3,7H,17H2. The summed E-state index contributed by atoms with van der Waals surface area (Å²) in [5.41, 5.74) is 1.75. The van der Waals surface area contributed by atoms with Gasteiger partial charge in [-0.15, -0.1) is 0 Å². The molecule has 8 heteroatoms. The van der Waals surface area contributed by atoms with Crippen molar-refractivity contribution in [3.63, 3.8) is 0 Å². The largest absolute Gasteiger partial charge is 0.416 e. The minimum absolute atomic E-state index is 0.0130. The van der Waals surface area contributed by atoms with Crippen LogP contribution in [0.1, 0.15) is 17.2 Å².